The molecule has 3 atom stereocenters. The van der Waals surface area contributed by atoms with Gasteiger partial charge in [-0.15, -0.1) is 0 Å². The second-order valence-electron chi connectivity index (χ2n) is 10.3. The molecule has 7 heteroatoms. The third kappa shape index (κ3) is 3.28. The van der Waals surface area contributed by atoms with Gasteiger partial charge in [-0.25, -0.2) is 9.97 Å². The molecule has 1 saturated carbocycles. The van der Waals surface area contributed by atoms with Crippen molar-refractivity contribution in [3.05, 3.63) is 53.6 Å². The molecule has 1 aromatic heterocycles. The molecular weight excluding hydrogens is 416 g/mol. The third-order valence-corrected chi connectivity index (χ3v) is 8.70. The molecule has 2 aliphatic heterocycles. The van der Waals surface area contributed by atoms with E-state index in [0.29, 0.717) is 19.5 Å². The van der Waals surface area contributed by atoms with Crippen LogP contribution in [0.4, 0.5) is 0 Å². The minimum Gasteiger partial charge on any atom is -0.497 e. The topological polar surface area (TPSA) is 78.8 Å². The summed E-state index contributed by atoms with van der Waals surface area (Å²) in [6, 6.07) is 8.17. The molecule has 2 aliphatic carbocycles. The van der Waals surface area contributed by atoms with E-state index in [-0.39, 0.29) is 23.2 Å². The van der Waals surface area contributed by atoms with Crippen molar-refractivity contribution >= 4 is 5.91 Å². The maximum Gasteiger partial charge on any atom is 0.291 e. The zero-order valence-electron chi connectivity index (χ0n) is 19.2. The van der Waals surface area contributed by atoms with Gasteiger partial charge in [0.15, 0.2) is 0 Å². The first-order valence-corrected chi connectivity index (χ1v) is 12.2. The maximum atomic E-state index is 13.2. The number of fused-ring (bicyclic) bond motifs is 1. The normalized spacial score (nSPS) is 31.3. The summed E-state index contributed by atoms with van der Waals surface area (Å²) in [7, 11) is 1.70. The van der Waals surface area contributed by atoms with Crippen LogP contribution in [0.3, 0.4) is 0 Å². The minimum atomic E-state index is -0.883. The lowest BCUT2D eigenvalue weighted by molar-refractivity contribution is -0.149. The number of aromatic nitrogens is 2. The molecule has 174 valence electrons. The SMILES string of the molecule is COc1ccc2c(c1)[C@@]13CCN(C(=O)c4ncccn4)CC[C@@]1(O)[C@@H](C2)N(CC1CC1)CC3. The van der Waals surface area contributed by atoms with E-state index < -0.39 is 5.60 Å². The van der Waals surface area contributed by atoms with Crippen LogP contribution in [0.5, 0.6) is 5.75 Å². The summed E-state index contributed by atoms with van der Waals surface area (Å²) in [6.07, 6.45) is 8.87. The van der Waals surface area contributed by atoms with Gasteiger partial charge in [-0.1, -0.05) is 6.07 Å². The Morgan fingerprint density at radius 2 is 1.91 bits per heavy atom. The first-order valence-electron chi connectivity index (χ1n) is 12.2. The number of aliphatic hydroxyl groups is 1. The largest absolute Gasteiger partial charge is 0.497 e. The second-order valence-corrected chi connectivity index (χ2v) is 10.3. The number of hydrogen-bond acceptors (Lipinski definition) is 6. The van der Waals surface area contributed by atoms with Crippen molar-refractivity contribution in [3.8, 4) is 5.75 Å². The summed E-state index contributed by atoms with van der Waals surface area (Å²) in [5.74, 6) is 1.69. The van der Waals surface area contributed by atoms with Crippen LogP contribution in [-0.2, 0) is 11.8 Å². The monoisotopic (exact) mass is 448 g/mol. The molecule has 2 saturated heterocycles. The van der Waals surface area contributed by atoms with Gasteiger partial charge >= 0.3 is 0 Å². The van der Waals surface area contributed by atoms with Crippen molar-refractivity contribution in [2.75, 3.05) is 33.3 Å². The highest BCUT2D eigenvalue weighted by molar-refractivity contribution is 5.90. The molecule has 3 fully saturated rings. The predicted octanol–water partition coefficient (Wildman–Crippen LogP) is 2.43. The standard InChI is InChI=1S/C26H32N4O3/c1-33-20-6-5-19-15-22-26(32)9-14-29(24(31)23-27-10-2-11-28-23)12-7-25(26,21(19)16-20)8-13-30(22)17-18-3-4-18/h2,5-6,10-11,16,18,22,32H,3-4,7-9,12-15,17H2,1H3/t22-,25+,26-/m1/s1. The minimum absolute atomic E-state index is 0.0794. The summed E-state index contributed by atoms with van der Waals surface area (Å²) >= 11 is 0. The molecule has 7 nitrogen and oxygen atoms in total. The van der Waals surface area contributed by atoms with Crippen LogP contribution >= 0.6 is 0 Å². The third-order valence-electron chi connectivity index (χ3n) is 8.70. The van der Waals surface area contributed by atoms with E-state index in [4.69, 9.17) is 4.74 Å². The van der Waals surface area contributed by atoms with Gasteiger partial charge in [-0.3, -0.25) is 9.69 Å². The van der Waals surface area contributed by atoms with Gasteiger partial charge in [0.2, 0.25) is 5.82 Å². The van der Waals surface area contributed by atoms with Crippen molar-refractivity contribution in [2.24, 2.45) is 5.92 Å². The van der Waals surface area contributed by atoms with Gasteiger partial charge in [0.05, 0.1) is 12.7 Å². The molecule has 3 heterocycles. The Hall–Kier alpha value is -2.51. The lowest BCUT2D eigenvalue weighted by Gasteiger charge is -2.61. The van der Waals surface area contributed by atoms with Gasteiger partial charge in [0, 0.05) is 43.5 Å². The number of rotatable bonds is 4. The lowest BCUT2D eigenvalue weighted by atomic mass is 9.52. The van der Waals surface area contributed by atoms with Crippen molar-refractivity contribution in [1.82, 2.24) is 19.8 Å². The molecular formula is C26H32N4O3. The van der Waals surface area contributed by atoms with Crippen molar-refractivity contribution in [1.29, 1.82) is 0 Å². The Balaban J connectivity index is 1.40. The second kappa shape index (κ2) is 7.77. The predicted molar refractivity (Wildman–Crippen MR) is 123 cm³/mol. The van der Waals surface area contributed by atoms with Gasteiger partial charge < -0.3 is 14.7 Å². The molecule has 0 unspecified atom stereocenters. The molecule has 2 bridgehead atoms. The number of nitrogens with zero attached hydrogens (tertiary/aromatic N) is 4. The summed E-state index contributed by atoms with van der Waals surface area (Å²) in [5, 5.41) is 12.6. The fraction of sp³-hybridized carbons (Fsp3) is 0.577. The Morgan fingerprint density at radius 3 is 2.67 bits per heavy atom. The van der Waals surface area contributed by atoms with Gasteiger partial charge in [0.25, 0.3) is 5.91 Å². The van der Waals surface area contributed by atoms with Gasteiger partial charge in [-0.05, 0) is 80.3 Å². The highest BCUT2D eigenvalue weighted by atomic mass is 16.5. The number of carbonyl (C=O) groups is 1. The van der Waals surface area contributed by atoms with E-state index in [2.05, 4.69) is 27.0 Å². The molecule has 1 N–H and O–H groups in total. The molecule has 0 spiro atoms. The molecule has 0 radical (unpaired) electrons. The summed E-state index contributed by atoms with van der Waals surface area (Å²) in [5.41, 5.74) is 1.27. The van der Waals surface area contributed by atoms with E-state index in [1.54, 1.807) is 25.6 Å². The highest BCUT2D eigenvalue weighted by Gasteiger charge is 2.63. The molecule has 1 amide bonds. The van der Waals surface area contributed by atoms with Crippen LogP contribution in [-0.4, -0.2) is 75.7 Å². The maximum absolute atomic E-state index is 13.2. The summed E-state index contributed by atoms with van der Waals surface area (Å²) in [4.78, 5) is 26.0. The fourth-order valence-corrected chi connectivity index (χ4v) is 6.74. The quantitative estimate of drug-likeness (QED) is 0.774. The van der Waals surface area contributed by atoms with E-state index in [9.17, 15) is 9.90 Å². The summed E-state index contributed by atoms with van der Waals surface area (Å²) < 4.78 is 5.58. The number of ether oxygens (including phenoxy) is 1. The number of likely N-dealkylation sites (tertiary alicyclic amines) is 2. The molecule has 1 aromatic carbocycles. The zero-order valence-corrected chi connectivity index (χ0v) is 19.2. The van der Waals surface area contributed by atoms with Crippen molar-refractivity contribution in [2.45, 2.75) is 55.6 Å². The van der Waals surface area contributed by atoms with E-state index in [1.165, 1.54) is 24.0 Å². The Morgan fingerprint density at radius 1 is 1.15 bits per heavy atom. The lowest BCUT2D eigenvalue weighted by Crippen LogP contribution is -2.71. The van der Waals surface area contributed by atoms with Crippen LogP contribution < -0.4 is 4.74 Å². The van der Waals surface area contributed by atoms with E-state index in [1.807, 2.05) is 11.0 Å². The van der Waals surface area contributed by atoms with Crippen LogP contribution in [0.1, 0.15) is 53.8 Å². The highest BCUT2D eigenvalue weighted by Crippen LogP contribution is 2.56. The van der Waals surface area contributed by atoms with Crippen molar-refractivity contribution < 1.29 is 14.6 Å². The Kier molecular flexibility index (Phi) is 4.96. The number of hydrogen-bond donors (Lipinski definition) is 1. The van der Waals surface area contributed by atoms with Crippen LogP contribution in [0.15, 0.2) is 36.7 Å². The van der Waals surface area contributed by atoms with Crippen LogP contribution in [0.2, 0.25) is 0 Å². The van der Waals surface area contributed by atoms with Crippen LogP contribution in [0, 0.1) is 5.92 Å². The number of benzene rings is 1. The average molecular weight is 449 g/mol. The zero-order chi connectivity index (χ0) is 22.6. The van der Waals surface area contributed by atoms with E-state index in [0.717, 1.165) is 44.0 Å². The number of amides is 1. The number of piperidine rings is 1. The summed E-state index contributed by atoms with van der Waals surface area (Å²) in [6.45, 7) is 3.18. The smallest absolute Gasteiger partial charge is 0.291 e. The molecule has 33 heavy (non-hydrogen) atoms. The Bertz CT molecular complexity index is 1060. The average Bonchev–Trinajstić information content (AvgIpc) is 3.67. The fourth-order valence-electron chi connectivity index (χ4n) is 6.74. The van der Waals surface area contributed by atoms with Crippen molar-refractivity contribution in [3.63, 3.8) is 0 Å². The molecule has 4 aliphatic rings. The van der Waals surface area contributed by atoms with Crippen LogP contribution in [0.25, 0.3) is 0 Å². The first-order chi connectivity index (χ1) is 16.0. The molecule has 2 aromatic rings. The van der Waals surface area contributed by atoms with Gasteiger partial charge in [0.1, 0.15) is 5.75 Å². The first kappa shape index (κ1) is 21.1. The number of carbonyl (C=O) groups excluding carboxylic acids is 1. The van der Waals surface area contributed by atoms with E-state index >= 15 is 0 Å². The Labute approximate surface area is 194 Å². The van der Waals surface area contributed by atoms with Gasteiger partial charge in [-0.2, -0.15) is 0 Å². The number of methoxy groups -OCH3 is 1. The molecule has 6 rings (SSSR count).